The average Bonchev–Trinajstić information content (AvgIpc) is 2.50. The van der Waals surface area contributed by atoms with E-state index in [-0.39, 0.29) is 0 Å². The van der Waals surface area contributed by atoms with Gasteiger partial charge in [0.05, 0.1) is 14.2 Å². The maximum Gasteiger partial charge on any atom is 0.133 e. The van der Waals surface area contributed by atoms with E-state index in [4.69, 9.17) is 9.47 Å². The molecule has 0 saturated carbocycles. The van der Waals surface area contributed by atoms with Gasteiger partial charge in [0.25, 0.3) is 0 Å². The highest BCUT2D eigenvalue weighted by atomic mass is 16.5. The van der Waals surface area contributed by atoms with Gasteiger partial charge in [-0.05, 0) is 40.8 Å². The van der Waals surface area contributed by atoms with Crippen LogP contribution in [0.5, 0.6) is 11.5 Å². The fraction of sp³-hybridized carbons (Fsp3) is 0.222. The second kappa shape index (κ2) is 5.04. The SMILES string of the molecule is CCc1c(OC)cc2cc3ccccc3cc2c1OC. The molecule has 20 heavy (non-hydrogen) atoms. The quantitative estimate of drug-likeness (QED) is 0.646. The Bertz CT molecular complexity index is 775. The van der Waals surface area contributed by atoms with Crippen molar-refractivity contribution < 1.29 is 9.47 Å². The number of ether oxygens (including phenoxy) is 2. The molecule has 0 aliphatic heterocycles. The predicted molar refractivity (Wildman–Crippen MR) is 83.9 cm³/mol. The lowest BCUT2D eigenvalue weighted by Crippen LogP contribution is -1.97. The first-order valence-corrected chi connectivity index (χ1v) is 6.84. The Hall–Kier alpha value is -2.22. The average molecular weight is 266 g/mol. The lowest BCUT2D eigenvalue weighted by atomic mass is 9.98. The largest absolute Gasteiger partial charge is 0.496 e. The second-order valence-corrected chi connectivity index (χ2v) is 4.86. The molecule has 0 atom stereocenters. The molecular formula is C18H18O2. The summed E-state index contributed by atoms with van der Waals surface area (Å²) in [4.78, 5) is 0. The molecule has 0 unspecified atom stereocenters. The van der Waals surface area contributed by atoms with Gasteiger partial charge >= 0.3 is 0 Å². The third-order valence-corrected chi connectivity index (χ3v) is 3.80. The summed E-state index contributed by atoms with van der Waals surface area (Å²) in [5.41, 5.74) is 1.12. The second-order valence-electron chi connectivity index (χ2n) is 4.86. The molecular weight excluding hydrogens is 248 g/mol. The first kappa shape index (κ1) is 12.8. The van der Waals surface area contributed by atoms with Crippen molar-refractivity contribution in [1.82, 2.24) is 0 Å². The molecule has 0 aliphatic carbocycles. The van der Waals surface area contributed by atoms with E-state index in [0.29, 0.717) is 0 Å². The van der Waals surface area contributed by atoms with Gasteiger partial charge in [0.2, 0.25) is 0 Å². The van der Waals surface area contributed by atoms with E-state index in [9.17, 15) is 0 Å². The standard InChI is InChI=1S/C18H18O2/c1-4-15-17(19-2)11-14-9-12-7-5-6-8-13(12)10-16(14)18(15)20-3/h5-11H,4H2,1-3H3. The van der Waals surface area contributed by atoms with Crippen molar-refractivity contribution in [3.8, 4) is 11.5 Å². The molecule has 0 saturated heterocycles. The van der Waals surface area contributed by atoms with E-state index in [0.717, 1.165) is 34.3 Å². The van der Waals surface area contributed by atoms with Crippen molar-refractivity contribution in [1.29, 1.82) is 0 Å². The summed E-state index contributed by atoms with van der Waals surface area (Å²) in [6.07, 6.45) is 0.884. The van der Waals surface area contributed by atoms with Crippen molar-refractivity contribution in [2.75, 3.05) is 14.2 Å². The van der Waals surface area contributed by atoms with E-state index < -0.39 is 0 Å². The van der Waals surface area contributed by atoms with Crippen LogP contribution in [-0.4, -0.2) is 14.2 Å². The van der Waals surface area contributed by atoms with Crippen LogP contribution in [0.2, 0.25) is 0 Å². The molecule has 0 spiro atoms. The van der Waals surface area contributed by atoms with Gasteiger partial charge in [-0.2, -0.15) is 0 Å². The fourth-order valence-corrected chi connectivity index (χ4v) is 2.83. The highest BCUT2D eigenvalue weighted by Gasteiger charge is 2.14. The van der Waals surface area contributed by atoms with Crippen molar-refractivity contribution in [3.05, 3.63) is 48.0 Å². The van der Waals surface area contributed by atoms with Crippen LogP contribution >= 0.6 is 0 Å². The van der Waals surface area contributed by atoms with Crippen LogP contribution in [-0.2, 0) is 6.42 Å². The van der Waals surface area contributed by atoms with E-state index in [1.54, 1.807) is 14.2 Å². The monoisotopic (exact) mass is 266 g/mol. The molecule has 0 radical (unpaired) electrons. The highest BCUT2D eigenvalue weighted by Crippen LogP contribution is 2.38. The molecule has 0 fully saturated rings. The van der Waals surface area contributed by atoms with Crippen molar-refractivity contribution in [2.45, 2.75) is 13.3 Å². The highest BCUT2D eigenvalue weighted by molar-refractivity contribution is 6.02. The summed E-state index contributed by atoms with van der Waals surface area (Å²) in [5, 5.41) is 4.75. The van der Waals surface area contributed by atoms with E-state index >= 15 is 0 Å². The van der Waals surface area contributed by atoms with Gasteiger partial charge in [0.1, 0.15) is 11.5 Å². The molecule has 102 valence electrons. The first-order valence-electron chi connectivity index (χ1n) is 6.84. The maximum atomic E-state index is 5.66. The van der Waals surface area contributed by atoms with Crippen LogP contribution in [0.3, 0.4) is 0 Å². The van der Waals surface area contributed by atoms with Crippen LogP contribution in [0.1, 0.15) is 12.5 Å². The van der Waals surface area contributed by atoms with Gasteiger partial charge in [0.15, 0.2) is 0 Å². The molecule has 3 rings (SSSR count). The number of methoxy groups -OCH3 is 2. The summed E-state index contributed by atoms with van der Waals surface area (Å²) in [6, 6.07) is 14.9. The Morgan fingerprint density at radius 2 is 1.55 bits per heavy atom. The summed E-state index contributed by atoms with van der Waals surface area (Å²) in [6.45, 7) is 2.12. The Balaban J connectivity index is 2.44. The number of hydrogen-bond acceptors (Lipinski definition) is 2. The molecule has 0 amide bonds. The van der Waals surface area contributed by atoms with E-state index in [2.05, 4.69) is 49.4 Å². The molecule has 0 aromatic heterocycles. The zero-order valence-electron chi connectivity index (χ0n) is 12.1. The topological polar surface area (TPSA) is 18.5 Å². The Labute approximate surface area is 118 Å². The minimum absolute atomic E-state index is 0.884. The molecule has 2 nitrogen and oxygen atoms in total. The van der Waals surface area contributed by atoms with Crippen LogP contribution in [0.4, 0.5) is 0 Å². The summed E-state index contributed by atoms with van der Waals surface area (Å²) in [7, 11) is 3.43. The zero-order chi connectivity index (χ0) is 14.1. The zero-order valence-corrected chi connectivity index (χ0v) is 12.1. The van der Waals surface area contributed by atoms with Crippen LogP contribution in [0.15, 0.2) is 42.5 Å². The van der Waals surface area contributed by atoms with Gasteiger partial charge in [-0.25, -0.2) is 0 Å². The van der Waals surface area contributed by atoms with Crippen molar-refractivity contribution in [3.63, 3.8) is 0 Å². The number of rotatable bonds is 3. The molecule has 0 N–H and O–H groups in total. The van der Waals surface area contributed by atoms with Gasteiger partial charge in [-0.1, -0.05) is 31.2 Å². The molecule has 3 aromatic rings. The molecule has 0 aliphatic rings. The number of fused-ring (bicyclic) bond motifs is 2. The van der Waals surface area contributed by atoms with Crippen molar-refractivity contribution >= 4 is 21.5 Å². The third kappa shape index (κ3) is 1.88. The van der Waals surface area contributed by atoms with Crippen molar-refractivity contribution in [2.24, 2.45) is 0 Å². The predicted octanol–water partition coefficient (Wildman–Crippen LogP) is 4.57. The third-order valence-electron chi connectivity index (χ3n) is 3.80. The molecule has 0 bridgehead atoms. The Morgan fingerprint density at radius 1 is 0.850 bits per heavy atom. The molecule has 0 heterocycles. The van der Waals surface area contributed by atoms with E-state index in [1.807, 2.05) is 0 Å². The van der Waals surface area contributed by atoms with Crippen LogP contribution in [0.25, 0.3) is 21.5 Å². The minimum atomic E-state index is 0.884. The molecule has 3 aromatic carbocycles. The van der Waals surface area contributed by atoms with Gasteiger partial charge in [0, 0.05) is 10.9 Å². The van der Waals surface area contributed by atoms with E-state index in [1.165, 1.54) is 10.8 Å². The smallest absolute Gasteiger partial charge is 0.133 e. The van der Waals surface area contributed by atoms with Gasteiger partial charge in [-0.15, -0.1) is 0 Å². The lowest BCUT2D eigenvalue weighted by Gasteiger charge is -2.15. The van der Waals surface area contributed by atoms with Crippen LogP contribution in [0, 0.1) is 0 Å². The Morgan fingerprint density at radius 3 is 2.15 bits per heavy atom. The van der Waals surface area contributed by atoms with Gasteiger partial charge < -0.3 is 9.47 Å². The minimum Gasteiger partial charge on any atom is -0.496 e. The number of hydrogen-bond donors (Lipinski definition) is 0. The Kier molecular flexibility index (Phi) is 3.23. The lowest BCUT2D eigenvalue weighted by molar-refractivity contribution is 0.390. The normalized spacial score (nSPS) is 10.9. The first-order chi connectivity index (χ1) is 9.78. The summed E-state index contributed by atoms with van der Waals surface area (Å²) in [5.74, 6) is 1.82. The fourth-order valence-electron chi connectivity index (χ4n) is 2.83. The van der Waals surface area contributed by atoms with Gasteiger partial charge in [-0.3, -0.25) is 0 Å². The summed E-state index contributed by atoms with van der Waals surface area (Å²) < 4.78 is 11.2. The maximum absolute atomic E-state index is 5.66. The number of benzene rings is 3. The summed E-state index contributed by atoms with van der Waals surface area (Å²) >= 11 is 0. The van der Waals surface area contributed by atoms with Crippen LogP contribution < -0.4 is 9.47 Å². The molecule has 2 heteroatoms.